The van der Waals surface area contributed by atoms with Gasteiger partial charge in [-0.1, -0.05) is 36.4 Å². The Balaban J connectivity index is 1.59. The van der Waals surface area contributed by atoms with Crippen molar-refractivity contribution in [2.24, 2.45) is 4.99 Å². The number of benzene rings is 2. The molecule has 2 N–H and O–H groups in total. The summed E-state index contributed by atoms with van der Waals surface area (Å²) in [6.45, 7) is 6.51. The molecule has 1 fully saturated rings. The Morgan fingerprint density at radius 1 is 1.13 bits per heavy atom. The number of hydrogen-bond donors (Lipinski definition) is 2. The van der Waals surface area contributed by atoms with Gasteiger partial charge in [-0.2, -0.15) is 0 Å². The van der Waals surface area contributed by atoms with Gasteiger partial charge in [0.15, 0.2) is 5.96 Å². The van der Waals surface area contributed by atoms with E-state index in [9.17, 15) is 0 Å². The first-order chi connectivity index (χ1) is 14.6. The molecule has 0 aliphatic carbocycles. The highest BCUT2D eigenvalue weighted by Gasteiger charge is 2.25. The molecule has 162 valence electrons. The Hall–Kier alpha value is -2.73. The number of nitrogens with one attached hydrogen (secondary N) is 2. The van der Waals surface area contributed by atoms with Crippen molar-refractivity contribution in [3.05, 3.63) is 59.7 Å². The van der Waals surface area contributed by atoms with Gasteiger partial charge < -0.3 is 25.2 Å². The SMILES string of the molecule is CCNC(=NCc1ccc(CN(C)C)cc1)NC1CCN(c2ccccc2OC)C1. The lowest BCUT2D eigenvalue weighted by Gasteiger charge is -2.22. The summed E-state index contributed by atoms with van der Waals surface area (Å²) in [5.41, 5.74) is 3.70. The Morgan fingerprint density at radius 3 is 2.57 bits per heavy atom. The molecule has 30 heavy (non-hydrogen) atoms. The molecule has 1 aliphatic heterocycles. The van der Waals surface area contributed by atoms with Gasteiger partial charge in [-0.3, -0.25) is 0 Å². The van der Waals surface area contributed by atoms with Gasteiger partial charge in [0.2, 0.25) is 0 Å². The van der Waals surface area contributed by atoms with Crippen LogP contribution in [0.3, 0.4) is 0 Å². The molecule has 0 bridgehead atoms. The fraction of sp³-hybridized carbons (Fsp3) is 0.458. The predicted octanol–water partition coefficient (Wildman–Crippen LogP) is 3.09. The lowest BCUT2D eigenvalue weighted by Crippen LogP contribution is -2.44. The van der Waals surface area contributed by atoms with Crippen molar-refractivity contribution in [3.8, 4) is 5.75 Å². The lowest BCUT2D eigenvalue weighted by atomic mass is 10.1. The van der Waals surface area contributed by atoms with Crippen LogP contribution in [0, 0.1) is 0 Å². The molecule has 0 amide bonds. The summed E-state index contributed by atoms with van der Waals surface area (Å²) in [6, 6.07) is 17.3. The van der Waals surface area contributed by atoms with E-state index in [1.165, 1.54) is 11.1 Å². The third-order valence-electron chi connectivity index (χ3n) is 5.24. The minimum atomic E-state index is 0.357. The molecule has 2 aromatic carbocycles. The van der Waals surface area contributed by atoms with Crippen LogP contribution < -0.4 is 20.3 Å². The summed E-state index contributed by atoms with van der Waals surface area (Å²) in [5.74, 6) is 1.80. The van der Waals surface area contributed by atoms with Crippen molar-refractivity contribution < 1.29 is 4.74 Å². The summed E-state index contributed by atoms with van der Waals surface area (Å²) >= 11 is 0. The van der Waals surface area contributed by atoms with Gasteiger partial charge in [-0.05, 0) is 50.7 Å². The van der Waals surface area contributed by atoms with Crippen LogP contribution in [0.25, 0.3) is 0 Å². The first-order valence-corrected chi connectivity index (χ1v) is 10.7. The van der Waals surface area contributed by atoms with Crippen LogP contribution in [0.2, 0.25) is 0 Å². The average molecular weight is 410 g/mol. The Bertz CT molecular complexity index is 819. The van der Waals surface area contributed by atoms with Gasteiger partial charge in [0.05, 0.1) is 19.3 Å². The highest BCUT2D eigenvalue weighted by Crippen LogP contribution is 2.30. The number of guanidine groups is 1. The summed E-state index contributed by atoms with van der Waals surface area (Å²) in [6.07, 6.45) is 1.07. The van der Waals surface area contributed by atoms with Crippen molar-refractivity contribution in [2.45, 2.75) is 32.5 Å². The molecule has 1 atom stereocenters. The normalized spacial score (nSPS) is 16.8. The lowest BCUT2D eigenvalue weighted by molar-refractivity contribution is 0.402. The maximum absolute atomic E-state index is 5.53. The number of hydrogen-bond acceptors (Lipinski definition) is 4. The summed E-state index contributed by atoms with van der Waals surface area (Å²) in [5, 5.41) is 6.99. The predicted molar refractivity (Wildman–Crippen MR) is 125 cm³/mol. The monoisotopic (exact) mass is 409 g/mol. The fourth-order valence-electron chi connectivity index (χ4n) is 3.79. The minimum Gasteiger partial charge on any atom is -0.495 e. The molecule has 6 heteroatoms. The van der Waals surface area contributed by atoms with E-state index in [4.69, 9.17) is 9.73 Å². The average Bonchev–Trinajstić information content (AvgIpc) is 3.21. The van der Waals surface area contributed by atoms with Gasteiger partial charge in [0, 0.05) is 32.2 Å². The molecule has 0 spiro atoms. The summed E-state index contributed by atoms with van der Waals surface area (Å²) < 4.78 is 5.53. The van der Waals surface area contributed by atoms with E-state index >= 15 is 0 Å². The number of methoxy groups -OCH3 is 1. The van der Waals surface area contributed by atoms with Crippen LogP contribution in [0.5, 0.6) is 5.75 Å². The van der Waals surface area contributed by atoms with Gasteiger partial charge in [0.1, 0.15) is 5.75 Å². The van der Waals surface area contributed by atoms with Crippen LogP contribution in [0.1, 0.15) is 24.5 Å². The maximum Gasteiger partial charge on any atom is 0.191 e. The molecule has 0 saturated carbocycles. The molecule has 1 aliphatic rings. The first-order valence-electron chi connectivity index (χ1n) is 10.7. The van der Waals surface area contributed by atoms with Crippen molar-refractivity contribution in [1.29, 1.82) is 0 Å². The molecule has 1 unspecified atom stereocenters. The Kier molecular flexibility index (Phi) is 7.97. The standard InChI is InChI=1S/C24H35N5O/c1-5-25-24(26-16-19-10-12-20(13-11-19)17-28(2)3)27-21-14-15-29(18-21)22-8-6-7-9-23(22)30-4/h6-13,21H,5,14-18H2,1-4H3,(H2,25,26,27). The Morgan fingerprint density at radius 2 is 1.87 bits per heavy atom. The summed E-state index contributed by atoms with van der Waals surface area (Å²) in [4.78, 5) is 9.37. The third-order valence-corrected chi connectivity index (χ3v) is 5.24. The molecule has 1 saturated heterocycles. The van der Waals surface area contributed by atoms with Crippen molar-refractivity contribution in [2.75, 3.05) is 45.7 Å². The quantitative estimate of drug-likeness (QED) is 0.518. The van der Waals surface area contributed by atoms with Crippen molar-refractivity contribution in [3.63, 3.8) is 0 Å². The van der Waals surface area contributed by atoms with E-state index in [0.29, 0.717) is 12.6 Å². The molecular formula is C24H35N5O. The zero-order valence-corrected chi connectivity index (χ0v) is 18.7. The van der Waals surface area contributed by atoms with E-state index in [1.54, 1.807) is 7.11 Å². The van der Waals surface area contributed by atoms with E-state index in [-0.39, 0.29) is 0 Å². The molecule has 0 radical (unpaired) electrons. The number of nitrogens with zero attached hydrogens (tertiary/aromatic N) is 3. The van der Waals surface area contributed by atoms with Gasteiger partial charge in [-0.25, -0.2) is 4.99 Å². The molecule has 0 aromatic heterocycles. The van der Waals surface area contributed by atoms with Gasteiger partial charge >= 0.3 is 0 Å². The number of aliphatic imine (C=N–C) groups is 1. The molecule has 3 rings (SSSR count). The second-order valence-electron chi connectivity index (χ2n) is 8.00. The van der Waals surface area contributed by atoms with Gasteiger partial charge in [-0.15, -0.1) is 0 Å². The number of anilines is 1. The second kappa shape index (κ2) is 10.9. The van der Waals surface area contributed by atoms with Crippen LogP contribution >= 0.6 is 0 Å². The number of rotatable bonds is 8. The van der Waals surface area contributed by atoms with Gasteiger partial charge in [0.25, 0.3) is 0 Å². The van der Waals surface area contributed by atoms with E-state index in [0.717, 1.165) is 50.0 Å². The number of para-hydroxylation sites is 2. The molecular weight excluding hydrogens is 374 g/mol. The van der Waals surface area contributed by atoms with Crippen LogP contribution in [0.4, 0.5) is 5.69 Å². The Labute approximate surface area is 180 Å². The van der Waals surface area contributed by atoms with Crippen molar-refractivity contribution >= 4 is 11.6 Å². The van der Waals surface area contributed by atoms with E-state index in [2.05, 4.69) is 77.9 Å². The fourth-order valence-corrected chi connectivity index (χ4v) is 3.79. The van der Waals surface area contributed by atoms with Crippen LogP contribution in [0.15, 0.2) is 53.5 Å². The zero-order chi connectivity index (χ0) is 21.3. The third kappa shape index (κ3) is 6.13. The van der Waals surface area contributed by atoms with E-state index in [1.807, 2.05) is 12.1 Å². The van der Waals surface area contributed by atoms with E-state index < -0.39 is 0 Å². The van der Waals surface area contributed by atoms with Crippen LogP contribution in [-0.2, 0) is 13.1 Å². The highest BCUT2D eigenvalue weighted by atomic mass is 16.5. The zero-order valence-electron chi connectivity index (χ0n) is 18.7. The minimum absolute atomic E-state index is 0.357. The maximum atomic E-state index is 5.53. The highest BCUT2D eigenvalue weighted by molar-refractivity contribution is 5.80. The molecule has 2 aromatic rings. The van der Waals surface area contributed by atoms with Crippen LogP contribution in [-0.4, -0.2) is 57.7 Å². The first kappa shape index (κ1) is 22.0. The van der Waals surface area contributed by atoms with Crippen molar-refractivity contribution in [1.82, 2.24) is 15.5 Å². The topological polar surface area (TPSA) is 52.1 Å². The largest absolute Gasteiger partial charge is 0.495 e. The number of ether oxygens (including phenoxy) is 1. The smallest absolute Gasteiger partial charge is 0.191 e. The summed E-state index contributed by atoms with van der Waals surface area (Å²) in [7, 11) is 5.91. The second-order valence-corrected chi connectivity index (χ2v) is 8.00. The molecule has 6 nitrogen and oxygen atoms in total. The molecule has 1 heterocycles.